The number of hydrogen-bond donors (Lipinski definition) is 1. The number of aliphatic carboxylic acids is 1. The molecule has 0 bridgehead atoms. The quantitative estimate of drug-likeness (QED) is 0.862. The fraction of sp³-hybridized carbons (Fsp3) is 0.300. The third-order valence-corrected chi connectivity index (χ3v) is 4.18. The fourth-order valence-corrected chi connectivity index (χ4v) is 2.83. The predicted molar refractivity (Wildman–Crippen MR) is 95.1 cm³/mol. The number of morpholine rings is 1. The summed E-state index contributed by atoms with van der Waals surface area (Å²) in [5, 5.41) is 8.88. The van der Waals surface area contributed by atoms with Crippen molar-refractivity contribution in [1.82, 2.24) is 4.90 Å². The molecule has 3 rings (SSSR count). The molecule has 1 fully saturated rings. The lowest BCUT2D eigenvalue weighted by molar-refractivity contribution is -0.141. The number of benzene rings is 2. The van der Waals surface area contributed by atoms with Gasteiger partial charge < -0.3 is 19.5 Å². The average molecular weight is 355 g/mol. The van der Waals surface area contributed by atoms with Crippen molar-refractivity contribution in [2.24, 2.45) is 0 Å². The molecule has 1 N–H and O–H groups in total. The summed E-state index contributed by atoms with van der Waals surface area (Å²) in [6, 6.07) is 16.8. The minimum absolute atomic E-state index is 0.0977. The van der Waals surface area contributed by atoms with Gasteiger partial charge in [-0.05, 0) is 29.8 Å². The first-order chi connectivity index (χ1) is 12.6. The summed E-state index contributed by atoms with van der Waals surface area (Å²) in [4.78, 5) is 25.1. The maximum atomic E-state index is 12.6. The van der Waals surface area contributed by atoms with Crippen molar-refractivity contribution in [3.8, 4) is 5.75 Å². The zero-order chi connectivity index (χ0) is 18.4. The molecule has 0 aliphatic carbocycles. The van der Waals surface area contributed by atoms with Crippen molar-refractivity contribution < 1.29 is 24.2 Å². The third-order valence-electron chi connectivity index (χ3n) is 4.18. The van der Waals surface area contributed by atoms with Crippen molar-refractivity contribution in [3.05, 3.63) is 65.7 Å². The van der Waals surface area contributed by atoms with Gasteiger partial charge in [-0.25, -0.2) is 0 Å². The Morgan fingerprint density at radius 3 is 2.54 bits per heavy atom. The van der Waals surface area contributed by atoms with E-state index in [1.54, 1.807) is 17.0 Å². The number of carbonyl (C=O) groups is 2. The zero-order valence-corrected chi connectivity index (χ0v) is 14.3. The van der Waals surface area contributed by atoms with Crippen LogP contribution in [0.15, 0.2) is 54.6 Å². The second kappa shape index (κ2) is 8.49. The zero-order valence-electron chi connectivity index (χ0n) is 14.3. The largest absolute Gasteiger partial charge is 0.489 e. The van der Waals surface area contributed by atoms with E-state index in [0.29, 0.717) is 31.9 Å². The highest BCUT2D eigenvalue weighted by Crippen LogP contribution is 2.15. The molecule has 1 atom stereocenters. The number of ether oxygens (including phenoxy) is 2. The van der Waals surface area contributed by atoms with Crippen LogP contribution < -0.4 is 4.74 Å². The average Bonchev–Trinajstić information content (AvgIpc) is 2.67. The molecule has 1 saturated heterocycles. The number of nitrogens with zero attached hydrogens (tertiary/aromatic N) is 1. The van der Waals surface area contributed by atoms with Gasteiger partial charge in [0.05, 0.1) is 19.1 Å². The van der Waals surface area contributed by atoms with Crippen LogP contribution in [-0.4, -0.2) is 47.7 Å². The molecule has 0 unspecified atom stereocenters. The van der Waals surface area contributed by atoms with Crippen molar-refractivity contribution in [1.29, 1.82) is 0 Å². The van der Waals surface area contributed by atoms with E-state index in [1.807, 2.05) is 42.5 Å². The molecular weight excluding hydrogens is 334 g/mol. The number of carboxylic acids is 1. The summed E-state index contributed by atoms with van der Waals surface area (Å²) < 4.78 is 11.1. The van der Waals surface area contributed by atoms with Crippen LogP contribution in [0.2, 0.25) is 0 Å². The second-order valence-corrected chi connectivity index (χ2v) is 6.14. The Kier molecular flexibility index (Phi) is 5.86. The Labute approximate surface area is 152 Å². The molecular formula is C20H21NO5. The Morgan fingerprint density at radius 1 is 1.12 bits per heavy atom. The highest BCUT2D eigenvalue weighted by molar-refractivity contribution is 5.94. The summed E-state index contributed by atoms with van der Waals surface area (Å²) in [5.41, 5.74) is 1.54. The van der Waals surface area contributed by atoms with E-state index in [0.717, 1.165) is 11.3 Å². The number of rotatable bonds is 6. The number of carboxylic acid groups (broad SMARTS) is 1. The highest BCUT2D eigenvalue weighted by atomic mass is 16.5. The van der Waals surface area contributed by atoms with Crippen LogP contribution in [0, 0.1) is 0 Å². The SMILES string of the molecule is O=C(O)C[C@@H]1CN(C(=O)c2ccc(COc3ccccc3)cc2)CCO1. The Morgan fingerprint density at radius 2 is 1.85 bits per heavy atom. The van der Waals surface area contributed by atoms with Crippen LogP contribution in [0.1, 0.15) is 22.3 Å². The van der Waals surface area contributed by atoms with Crippen molar-refractivity contribution in [3.63, 3.8) is 0 Å². The normalized spacial score (nSPS) is 16.9. The molecule has 0 aromatic heterocycles. The number of para-hydroxylation sites is 1. The van der Waals surface area contributed by atoms with Gasteiger partial charge in [0.25, 0.3) is 5.91 Å². The van der Waals surface area contributed by atoms with E-state index in [1.165, 1.54) is 0 Å². The summed E-state index contributed by atoms with van der Waals surface area (Å²) in [6.45, 7) is 1.54. The van der Waals surface area contributed by atoms with Gasteiger partial charge in [-0.3, -0.25) is 9.59 Å². The fourth-order valence-electron chi connectivity index (χ4n) is 2.83. The van der Waals surface area contributed by atoms with Crippen molar-refractivity contribution in [2.75, 3.05) is 19.7 Å². The van der Waals surface area contributed by atoms with Crippen LogP contribution in [-0.2, 0) is 16.1 Å². The second-order valence-electron chi connectivity index (χ2n) is 6.14. The number of hydrogen-bond acceptors (Lipinski definition) is 4. The van der Waals surface area contributed by atoms with E-state index >= 15 is 0 Å². The minimum Gasteiger partial charge on any atom is -0.489 e. The van der Waals surface area contributed by atoms with Crippen LogP contribution >= 0.6 is 0 Å². The molecule has 1 aliphatic rings. The highest BCUT2D eigenvalue weighted by Gasteiger charge is 2.26. The molecule has 0 radical (unpaired) electrons. The first kappa shape index (κ1) is 17.9. The lowest BCUT2D eigenvalue weighted by Gasteiger charge is -2.32. The summed E-state index contributed by atoms with van der Waals surface area (Å²) in [7, 11) is 0. The maximum absolute atomic E-state index is 12.6. The summed E-state index contributed by atoms with van der Waals surface area (Å²) in [5.74, 6) is -0.239. The third kappa shape index (κ3) is 4.83. The van der Waals surface area contributed by atoms with Gasteiger partial charge in [0.2, 0.25) is 0 Å². The monoisotopic (exact) mass is 355 g/mol. The Balaban J connectivity index is 1.57. The van der Waals surface area contributed by atoms with Crippen LogP contribution in [0.25, 0.3) is 0 Å². The van der Waals surface area contributed by atoms with Crippen LogP contribution in [0.5, 0.6) is 5.75 Å². The van der Waals surface area contributed by atoms with Gasteiger partial charge in [-0.2, -0.15) is 0 Å². The number of carbonyl (C=O) groups excluding carboxylic acids is 1. The van der Waals surface area contributed by atoms with Gasteiger partial charge in [-0.1, -0.05) is 30.3 Å². The Hall–Kier alpha value is -2.86. The molecule has 2 aromatic carbocycles. The van der Waals surface area contributed by atoms with Crippen molar-refractivity contribution in [2.45, 2.75) is 19.1 Å². The molecule has 6 heteroatoms. The molecule has 1 amide bonds. The van der Waals surface area contributed by atoms with Gasteiger partial charge in [0, 0.05) is 18.7 Å². The minimum atomic E-state index is -0.924. The first-order valence-electron chi connectivity index (χ1n) is 8.51. The van der Waals surface area contributed by atoms with Gasteiger partial charge in [0.1, 0.15) is 12.4 Å². The van der Waals surface area contributed by atoms with E-state index in [2.05, 4.69) is 0 Å². The standard InChI is InChI=1S/C20H21NO5/c22-19(23)12-18-13-21(10-11-25-18)20(24)16-8-6-15(7-9-16)14-26-17-4-2-1-3-5-17/h1-9,18H,10-14H2,(H,22,23)/t18-/m1/s1. The molecule has 1 heterocycles. The molecule has 26 heavy (non-hydrogen) atoms. The van der Waals surface area contributed by atoms with Crippen molar-refractivity contribution >= 4 is 11.9 Å². The molecule has 6 nitrogen and oxygen atoms in total. The summed E-state index contributed by atoms with van der Waals surface area (Å²) in [6.07, 6.45) is -0.553. The smallest absolute Gasteiger partial charge is 0.306 e. The van der Waals surface area contributed by atoms with E-state index in [9.17, 15) is 9.59 Å². The van der Waals surface area contributed by atoms with Gasteiger partial charge in [-0.15, -0.1) is 0 Å². The van der Waals surface area contributed by atoms with Gasteiger partial charge in [0.15, 0.2) is 0 Å². The lowest BCUT2D eigenvalue weighted by atomic mass is 10.1. The van der Waals surface area contributed by atoms with E-state index in [-0.39, 0.29) is 12.3 Å². The van der Waals surface area contributed by atoms with E-state index in [4.69, 9.17) is 14.6 Å². The van der Waals surface area contributed by atoms with E-state index < -0.39 is 12.1 Å². The summed E-state index contributed by atoms with van der Waals surface area (Å²) >= 11 is 0. The van der Waals surface area contributed by atoms with Crippen LogP contribution in [0.4, 0.5) is 0 Å². The predicted octanol–water partition coefficient (Wildman–Crippen LogP) is 2.58. The lowest BCUT2D eigenvalue weighted by Crippen LogP contribution is -2.46. The molecule has 0 saturated carbocycles. The Bertz CT molecular complexity index is 745. The maximum Gasteiger partial charge on any atom is 0.306 e. The van der Waals surface area contributed by atoms with Gasteiger partial charge >= 0.3 is 5.97 Å². The molecule has 1 aliphatic heterocycles. The molecule has 2 aromatic rings. The topological polar surface area (TPSA) is 76.1 Å². The first-order valence-corrected chi connectivity index (χ1v) is 8.51. The molecule has 0 spiro atoms. The molecule has 136 valence electrons. The number of amides is 1. The van der Waals surface area contributed by atoms with Crippen LogP contribution in [0.3, 0.4) is 0 Å².